The molecule has 2 aliphatic heterocycles. The number of aromatic amines is 1. The maximum atomic E-state index is 13.8. The molecule has 212 valence electrons. The summed E-state index contributed by atoms with van der Waals surface area (Å²) in [7, 11) is 1.62. The van der Waals surface area contributed by atoms with Crippen LogP contribution in [0.2, 0.25) is 0 Å². The van der Waals surface area contributed by atoms with Crippen molar-refractivity contribution in [2.45, 2.75) is 24.9 Å². The van der Waals surface area contributed by atoms with E-state index in [1.54, 1.807) is 7.11 Å². The molecule has 42 heavy (non-hydrogen) atoms. The van der Waals surface area contributed by atoms with Crippen LogP contribution >= 0.6 is 0 Å². The topological polar surface area (TPSA) is 107 Å². The first kappa shape index (κ1) is 26.2. The van der Waals surface area contributed by atoms with Gasteiger partial charge in [0.05, 0.1) is 30.8 Å². The number of anilines is 2. The molecule has 2 atom stereocenters. The molecule has 9 heteroatoms. The van der Waals surface area contributed by atoms with E-state index in [9.17, 15) is 4.79 Å². The summed E-state index contributed by atoms with van der Waals surface area (Å²) in [5.74, 6) is 0.936. The third-order valence-electron chi connectivity index (χ3n) is 8.17. The van der Waals surface area contributed by atoms with Gasteiger partial charge in [-0.2, -0.15) is 0 Å². The lowest BCUT2D eigenvalue weighted by Gasteiger charge is -2.29. The number of benzene rings is 2. The van der Waals surface area contributed by atoms with Crippen molar-refractivity contribution in [3.05, 3.63) is 96.4 Å². The van der Waals surface area contributed by atoms with Gasteiger partial charge in [-0.1, -0.05) is 54.6 Å². The summed E-state index contributed by atoms with van der Waals surface area (Å²) < 4.78 is 5.24. The summed E-state index contributed by atoms with van der Waals surface area (Å²) in [5, 5.41) is 10.8. The highest BCUT2D eigenvalue weighted by molar-refractivity contribution is 5.87. The molecular weight excluding hydrogens is 526 g/mol. The highest BCUT2D eigenvalue weighted by Gasteiger charge is 2.35. The van der Waals surface area contributed by atoms with Gasteiger partial charge < -0.3 is 25.3 Å². The highest BCUT2D eigenvalue weighted by atomic mass is 16.5. The Bertz CT molecular complexity index is 1720. The van der Waals surface area contributed by atoms with E-state index in [1.807, 2.05) is 47.6 Å². The summed E-state index contributed by atoms with van der Waals surface area (Å²) in [5.41, 5.74) is 8.18. The number of methoxy groups -OCH3 is 1. The standard InChI is InChI=1S/C33H33N7O2/c1-42-20-38-31(23-6-3-2-4-7-23)33(41)40-13-5-8-30(40)28-16-27-25(18-34-28)15-26(39-27)22-11-9-21(10-12-22)24-14-29-32(35-17-24)37-19-36-29/h2-4,6-7,9-12,14-18,30-31,36,38-39H,5,8,13,19-20H2,1H3,(H,35,37)/t30?,31-/m1/s1. The first-order valence-corrected chi connectivity index (χ1v) is 14.3. The second-order valence-corrected chi connectivity index (χ2v) is 10.8. The van der Waals surface area contributed by atoms with Gasteiger partial charge in [-0.25, -0.2) is 4.98 Å². The highest BCUT2D eigenvalue weighted by Crippen LogP contribution is 2.36. The number of ether oxygens (including phenoxy) is 1. The van der Waals surface area contributed by atoms with Crippen LogP contribution in [0.5, 0.6) is 0 Å². The van der Waals surface area contributed by atoms with Crippen LogP contribution in [0.15, 0.2) is 85.2 Å². The number of pyridine rings is 2. The van der Waals surface area contributed by atoms with E-state index in [-0.39, 0.29) is 11.9 Å². The maximum Gasteiger partial charge on any atom is 0.244 e. The molecule has 0 bridgehead atoms. The van der Waals surface area contributed by atoms with Crippen LogP contribution in [-0.2, 0) is 9.53 Å². The first-order valence-electron chi connectivity index (χ1n) is 14.3. The van der Waals surface area contributed by atoms with Crippen molar-refractivity contribution in [2.75, 3.05) is 37.7 Å². The van der Waals surface area contributed by atoms with Crippen LogP contribution in [0.25, 0.3) is 33.3 Å². The normalized spacial score (nSPS) is 16.7. The van der Waals surface area contributed by atoms with Crippen LogP contribution in [-0.4, -0.2) is 52.8 Å². The van der Waals surface area contributed by atoms with Crippen molar-refractivity contribution in [1.29, 1.82) is 0 Å². The summed E-state index contributed by atoms with van der Waals surface area (Å²) in [6, 6.07) is 24.1. The molecule has 5 heterocycles. The Kier molecular flexibility index (Phi) is 7.03. The summed E-state index contributed by atoms with van der Waals surface area (Å²) in [6.07, 6.45) is 5.64. The molecule has 0 aliphatic carbocycles. The molecule has 0 spiro atoms. The second-order valence-electron chi connectivity index (χ2n) is 10.8. The van der Waals surface area contributed by atoms with Crippen molar-refractivity contribution in [2.24, 2.45) is 0 Å². The number of rotatable bonds is 8. The van der Waals surface area contributed by atoms with E-state index in [2.05, 4.69) is 68.4 Å². The summed E-state index contributed by atoms with van der Waals surface area (Å²) >= 11 is 0. The molecule has 2 aliphatic rings. The minimum absolute atomic E-state index is 0.0422. The second kappa shape index (κ2) is 11.3. The number of H-pyrrole nitrogens is 1. The number of fused-ring (bicyclic) bond motifs is 2. The largest absolute Gasteiger partial charge is 0.370 e. The molecule has 2 aromatic carbocycles. The van der Waals surface area contributed by atoms with Gasteiger partial charge in [0.25, 0.3) is 0 Å². The monoisotopic (exact) mass is 559 g/mol. The van der Waals surface area contributed by atoms with Gasteiger partial charge in [0, 0.05) is 48.2 Å². The number of nitrogens with zero attached hydrogens (tertiary/aromatic N) is 3. The molecule has 4 N–H and O–H groups in total. The van der Waals surface area contributed by atoms with Crippen molar-refractivity contribution in [3.8, 4) is 22.4 Å². The third kappa shape index (κ3) is 4.97. The predicted molar refractivity (Wildman–Crippen MR) is 165 cm³/mol. The van der Waals surface area contributed by atoms with Gasteiger partial charge >= 0.3 is 0 Å². The number of hydrogen-bond donors (Lipinski definition) is 4. The lowest BCUT2D eigenvalue weighted by atomic mass is 10.0. The van der Waals surface area contributed by atoms with E-state index < -0.39 is 6.04 Å². The molecule has 9 nitrogen and oxygen atoms in total. The number of nitrogens with one attached hydrogen (secondary N) is 4. The first-order chi connectivity index (χ1) is 20.7. The minimum atomic E-state index is -0.476. The van der Waals surface area contributed by atoms with Gasteiger partial charge in [-0.05, 0) is 47.7 Å². The Morgan fingerprint density at radius 2 is 1.83 bits per heavy atom. The number of carbonyl (C=O) groups excluding carboxylic acids is 1. The van der Waals surface area contributed by atoms with E-state index in [1.165, 1.54) is 0 Å². The average Bonchev–Trinajstić information content (AvgIpc) is 3.81. The van der Waals surface area contributed by atoms with Crippen LogP contribution in [0, 0.1) is 0 Å². The van der Waals surface area contributed by atoms with Crippen LogP contribution in [0.1, 0.15) is 36.2 Å². The average molecular weight is 560 g/mol. The van der Waals surface area contributed by atoms with Crippen molar-refractivity contribution < 1.29 is 9.53 Å². The molecule has 0 saturated carbocycles. The summed E-state index contributed by atoms with van der Waals surface area (Å²) in [4.78, 5) is 28.7. The van der Waals surface area contributed by atoms with Gasteiger partial charge in [-0.15, -0.1) is 0 Å². The molecule has 1 fully saturated rings. The number of aromatic nitrogens is 3. The zero-order chi connectivity index (χ0) is 28.5. The molecule has 7 rings (SSSR count). The van der Waals surface area contributed by atoms with E-state index in [0.29, 0.717) is 19.9 Å². The quantitative estimate of drug-likeness (QED) is 0.181. The van der Waals surface area contributed by atoms with Crippen LogP contribution in [0.4, 0.5) is 11.5 Å². The SMILES string of the molecule is COCN[C@@H](C(=O)N1CCCC1c1cc2[nH]c(-c3ccc(-c4cnc5c(c4)NCN5)cc3)cc2cn1)c1ccccc1. The fraction of sp³-hybridized carbons (Fsp3) is 0.242. The van der Waals surface area contributed by atoms with E-state index in [4.69, 9.17) is 9.72 Å². The Balaban J connectivity index is 1.12. The molecular formula is C33H33N7O2. The number of amides is 1. The number of likely N-dealkylation sites (tertiary alicyclic amines) is 1. The fourth-order valence-electron chi connectivity index (χ4n) is 6.01. The van der Waals surface area contributed by atoms with Crippen LogP contribution in [0.3, 0.4) is 0 Å². The van der Waals surface area contributed by atoms with Gasteiger partial charge in [0.1, 0.15) is 6.04 Å². The van der Waals surface area contributed by atoms with E-state index in [0.717, 1.165) is 68.9 Å². The smallest absolute Gasteiger partial charge is 0.244 e. The molecule has 1 saturated heterocycles. The van der Waals surface area contributed by atoms with Crippen molar-refractivity contribution in [3.63, 3.8) is 0 Å². The zero-order valence-electron chi connectivity index (χ0n) is 23.4. The summed E-state index contributed by atoms with van der Waals surface area (Å²) in [6.45, 7) is 1.70. The lowest BCUT2D eigenvalue weighted by Crippen LogP contribution is -2.41. The molecule has 3 aromatic heterocycles. The predicted octanol–water partition coefficient (Wildman–Crippen LogP) is 5.69. The lowest BCUT2D eigenvalue weighted by molar-refractivity contribution is -0.135. The Hall–Kier alpha value is -4.73. The molecule has 5 aromatic rings. The van der Waals surface area contributed by atoms with Gasteiger partial charge in [0.15, 0.2) is 5.82 Å². The molecule has 0 radical (unpaired) electrons. The van der Waals surface area contributed by atoms with Crippen molar-refractivity contribution >= 4 is 28.3 Å². The van der Waals surface area contributed by atoms with Crippen molar-refractivity contribution in [1.82, 2.24) is 25.2 Å². The number of hydrogen-bond acceptors (Lipinski definition) is 7. The Morgan fingerprint density at radius 3 is 2.67 bits per heavy atom. The molecule has 1 amide bonds. The van der Waals surface area contributed by atoms with Crippen LogP contribution < -0.4 is 16.0 Å². The maximum absolute atomic E-state index is 13.8. The third-order valence-corrected chi connectivity index (χ3v) is 8.17. The number of carbonyl (C=O) groups is 1. The van der Waals surface area contributed by atoms with E-state index >= 15 is 0 Å². The van der Waals surface area contributed by atoms with Gasteiger partial charge in [0.2, 0.25) is 5.91 Å². The van der Waals surface area contributed by atoms with Gasteiger partial charge in [-0.3, -0.25) is 15.1 Å². The molecule has 1 unspecified atom stereocenters. The Morgan fingerprint density at radius 1 is 1.00 bits per heavy atom. The Labute approximate surface area is 244 Å². The minimum Gasteiger partial charge on any atom is -0.370 e. The zero-order valence-corrected chi connectivity index (χ0v) is 23.4. The fourth-order valence-corrected chi connectivity index (χ4v) is 6.01.